The Morgan fingerprint density at radius 2 is 2.38 bits per heavy atom. The van der Waals surface area contributed by atoms with Crippen molar-refractivity contribution in [1.29, 1.82) is 0 Å². The van der Waals surface area contributed by atoms with E-state index in [0.717, 1.165) is 11.3 Å². The summed E-state index contributed by atoms with van der Waals surface area (Å²) in [5, 5.41) is 0.446. The molecule has 0 saturated carbocycles. The van der Waals surface area contributed by atoms with E-state index >= 15 is 0 Å². The Kier molecular flexibility index (Phi) is 3.36. The highest BCUT2D eigenvalue weighted by Gasteiger charge is 2.30. The lowest BCUT2D eigenvalue weighted by Gasteiger charge is -2.18. The molecule has 1 aliphatic rings. The number of aryl methyl sites for hydroxylation is 1. The summed E-state index contributed by atoms with van der Waals surface area (Å²) in [5.74, 6) is 0.865. The first-order valence-corrected chi connectivity index (χ1v) is 6.01. The quantitative estimate of drug-likeness (QED) is 0.604. The molecule has 0 N–H and O–H groups in total. The Bertz CT molecular complexity index is 422. The minimum atomic E-state index is 0.109. The molecule has 1 fully saturated rings. The number of carbonyl (C=O) groups is 1. The van der Waals surface area contributed by atoms with Crippen molar-refractivity contribution >= 4 is 34.8 Å². The van der Waals surface area contributed by atoms with Crippen LogP contribution in [0.1, 0.15) is 12.0 Å². The molecule has 1 unspecified atom stereocenters. The third kappa shape index (κ3) is 2.15. The molecule has 1 aliphatic heterocycles. The second kappa shape index (κ2) is 4.60. The predicted octanol–water partition coefficient (Wildman–Crippen LogP) is 2.64. The number of carbonyl (C=O) groups excluding carboxylic acids is 1. The SMILES string of the molecule is Cc1cc(Cl)ncc1N1CC(CCl)CC1=O. The van der Waals surface area contributed by atoms with Gasteiger partial charge in [0.1, 0.15) is 5.15 Å². The van der Waals surface area contributed by atoms with Crippen molar-refractivity contribution in [2.75, 3.05) is 17.3 Å². The first-order chi connectivity index (χ1) is 7.61. The van der Waals surface area contributed by atoms with Gasteiger partial charge in [-0.25, -0.2) is 4.98 Å². The van der Waals surface area contributed by atoms with Crippen molar-refractivity contribution in [3.05, 3.63) is 23.0 Å². The first-order valence-electron chi connectivity index (χ1n) is 5.10. The summed E-state index contributed by atoms with van der Waals surface area (Å²) in [5.41, 5.74) is 1.80. The average Bonchev–Trinajstić information content (AvgIpc) is 2.60. The molecule has 0 aliphatic carbocycles. The minimum absolute atomic E-state index is 0.109. The maximum atomic E-state index is 11.8. The maximum Gasteiger partial charge on any atom is 0.227 e. The van der Waals surface area contributed by atoms with E-state index < -0.39 is 0 Å². The van der Waals surface area contributed by atoms with Crippen molar-refractivity contribution in [2.24, 2.45) is 5.92 Å². The van der Waals surface area contributed by atoms with Crippen LogP contribution in [0.3, 0.4) is 0 Å². The van der Waals surface area contributed by atoms with Crippen molar-refractivity contribution < 1.29 is 4.79 Å². The van der Waals surface area contributed by atoms with E-state index in [-0.39, 0.29) is 11.8 Å². The van der Waals surface area contributed by atoms with Gasteiger partial charge in [-0.2, -0.15) is 0 Å². The van der Waals surface area contributed by atoms with Crippen LogP contribution in [-0.2, 0) is 4.79 Å². The highest BCUT2D eigenvalue weighted by molar-refractivity contribution is 6.29. The molecule has 5 heteroatoms. The minimum Gasteiger partial charge on any atom is -0.310 e. The molecule has 1 amide bonds. The lowest BCUT2D eigenvalue weighted by Crippen LogP contribution is -2.25. The summed E-state index contributed by atoms with van der Waals surface area (Å²) in [4.78, 5) is 17.5. The van der Waals surface area contributed by atoms with E-state index in [9.17, 15) is 4.79 Å². The fourth-order valence-corrected chi connectivity index (χ4v) is 2.33. The second-order valence-electron chi connectivity index (χ2n) is 4.02. The number of anilines is 1. The molecule has 0 radical (unpaired) electrons. The number of alkyl halides is 1. The highest BCUT2D eigenvalue weighted by Crippen LogP contribution is 2.28. The van der Waals surface area contributed by atoms with E-state index in [4.69, 9.17) is 23.2 Å². The van der Waals surface area contributed by atoms with Gasteiger partial charge in [-0.05, 0) is 24.5 Å². The van der Waals surface area contributed by atoms with E-state index in [0.29, 0.717) is 24.0 Å². The van der Waals surface area contributed by atoms with Crippen molar-refractivity contribution in [3.8, 4) is 0 Å². The van der Waals surface area contributed by atoms with Crippen LogP contribution in [0.15, 0.2) is 12.3 Å². The zero-order valence-electron chi connectivity index (χ0n) is 8.91. The van der Waals surface area contributed by atoms with Crippen LogP contribution in [-0.4, -0.2) is 23.3 Å². The van der Waals surface area contributed by atoms with Crippen LogP contribution >= 0.6 is 23.2 Å². The number of nitrogens with zero attached hydrogens (tertiary/aromatic N) is 2. The summed E-state index contributed by atoms with van der Waals surface area (Å²) >= 11 is 11.6. The van der Waals surface area contributed by atoms with Gasteiger partial charge in [-0.1, -0.05) is 11.6 Å². The largest absolute Gasteiger partial charge is 0.310 e. The monoisotopic (exact) mass is 258 g/mol. The van der Waals surface area contributed by atoms with E-state index in [2.05, 4.69) is 4.98 Å². The molecule has 1 atom stereocenters. The molecule has 0 aromatic carbocycles. The zero-order valence-corrected chi connectivity index (χ0v) is 10.4. The van der Waals surface area contributed by atoms with E-state index in [1.165, 1.54) is 0 Å². The fraction of sp³-hybridized carbons (Fsp3) is 0.455. The third-order valence-corrected chi connectivity index (χ3v) is 3.41. The molecule has 2 rings (SSSR count). The molecule has 1 saturated heterocycles. The van der Waals surface area contributed by atoms with E-state index in [1.807, 2.05) is 6.92 Å². The van der Waals surface area contributed by atoms with E-state index in [1.54, 1.807) is 17.2 Å². The highest BCUT2D eigenvalue weighted by atomic mass is 35.5. The van der Waals surface area contributed by atoms with Crippen LogP contribution in [0.2, 0.25) is 5.15 Å². The zero-order chi connectivity index (χ0) is 11.7. The molecule has 1 aromatic heterocycles. The molecule has 0 bridgehead atoms. The first kappa shape index (κ1) is 11.7. The van der Waals surface area contributed by atoms with Gasteiger partial charge in [-0.15, -0.1) is 11.6 Å². The molecule has 86 valence electrons. The maximum absolute atomic E-state index is 11.8. The number of halogens is 2. The van der Waals surface area contributed by atoms with Crippen LogP contribution in [0, 0.1) is 12.8 Å². The number of hydrogen-bond donors (Lipinski definition) is 0. The third-order valence-electron chi connectivity index (χ3n) is 2.76. The number of hydrogen-bond acceptors (Lipinski definition) is 2. The summed E-state index contributed by atoms with van der Waals surface area (Å²) in [6.45, 7) is 2.59. The molecule has 2 heterocycles. The lowest BCUT2D eigenvalue weighted by molar-refractivity contribution is -0.117. The van der Waals surface area contributed by atoms with Crippen molar-refractivity contribution in [2.45, 2.75) is 13.3 Å². The van der Waals surface area contributed by atoms with Gasteiger partial charge in [0.2, 0.25) is 5.91 Å². The molecule has 16 heavy (non-hydrogen) atoms. The smallest absolute Gasteiger partial charge is 0.227 e. The van der Waals surface area contributed by atoms with Crippen LogP contribution < -0.4 is 4.90 Å². The standard InChI is InChI=1S/C11H12Cl2N2O/c1-7-2-10(13)14-5-9(7)15-6-8(4-12)3-11(15)16/h2,5,8H,3-4,6H2,1H3. The molecule has 0 spiro atoms. The summed E-state index contributed by atoms with van der Waals surface area (Å²) in [6, 6.07) is 1.76. The summed E-state index contributed by atoms with van der Waals surface area (Å²) < 4.78 is 0. The molecular formula is C11H12Cl2N2O. The Labute approximate surface area is 104 Å². The Morgan fingerprint density at radius 3 is 2.94 bits per heavy atom. The summed E-state index contributed by atoms with van der Waals surface area (Å²) in [7, 11) is 0. The fourth-order valence-electron chi connectivity index (χ4n) is 1.91. The van der Waals surface area contributed by atoms with Gasteiger partial charge < -0.3 is 4.90 Å². The van der Waals surface area contributed by atoms with Gasteiger partial charge in [0.25, 0.3) is 0 Å². The van der Waals surface area contributed by atoms with Gasteiger partial charge in [0.15, 0.2) is 0 Å². The van der Waals surface area contributed by atoms with Gasteiger partial charge in [0, 0.05) is 18.8 Å². The van der Waals surface area contributed by atoms with Crippen LogP contribution in [0.4, 0.5) is 5.69 Å². The Hall–Kier alpha value is -0.800. The number of amides is 1. The normalized spacial score (nSPS) is 20.6. The van der Waals surface area contributed by atoms with Crippen molar-refractivity contribution in [1.82, 2.24) is 4.98 Å². The van der Waals surface area contributed by atoms with Gasteiger partial charge in [-0.3, -0.25) is 4.79 Å². The van der Waals surface area contributed by atoms with Gasteiger partial charge >= 0.3 is 0 Å². The predicted molar refractivity (Wildman–Crippen MR) is 65.2 cm³/mol. The number of aromatic nitrogens is 1. The Morgan fingerprint density at radius 1 is 1.62 bits per heavy atom. The molecule has 1 aromatic rings. The second-order valence-corrected chi connectivity index (χ2v) is 4.72. The Balaban J connectivity index is 2.28. The number of rotatable bonds is 2. The van der Waals surface area contributed by atoms with Gasteiger partial charge in [0.05, 0.1) is 11.9 Å². The van der Waals surface area contributed by atoms with Crippen LogP contribution in [0.5, 0.6) is 0 Å². The summed E-state index contributed by atoms with van der Waals surface area (Å²) in [6.07, 6.45) is 2.16. The molecular weight excluding hydrogens is 247 g/mol. The van der Waals surface area contributed by atoms with Crippen molar-refractivity contribution in [3.63, 3.8) is 0 Å². The number of pyridine rings is 1. The topological polar surface area (TPSA) is 33.2 Å². The van der Waals surface area contributed by atoms with Crippen LogP contribution in [0.25, 0.3) is 0 Å². The molecule has 3 nitrogen and oxygen atoms in total. The lowest BCUT2D eigenvalue weighted by atomic mass is 10.1. The average molecular weight is 259 g/mol.